The van der Waals surface area contributed by atoms with E-state index in [1.54, 1.807) is 0 Å². The summed E-state index contributed by atoms with van der Waals surface area (Å²) in [7, 11) is 0. The summed E-state index contributed by atoms with van der Waals surface area (Å²) >= 11 is 0. The molecule has 0 aliphatic heterocycles. The largest absolute Gasteiger partial charge is 0.309 e. The van der Waals surface area contributed by atoms with Crippen molar-refractivity contribution in [3.8, 4) is 33.6 Å². The van der Waals surface area contributed by atoms with E-state index in [2.05, 4.69) is 215 Å². The second-order valence-corrected chi connectivity index (χ2v) is 14.8. The number of fused-ring (bicyclic) bond motifs is 12. The molecule has 0 aliphatic rings. The lowest BCUT2D eigenvalue weighted by molar-refractivity contribution is 1.18. The molecule has 260 valence electrons. The molecule has 10 aromatic carbocycles. The number of benzene rings is 10. The molecular formula is C54H34N2. The quantitative estimate of drug-likeness (QED) is 0.161. The summed E-state index contributed by atoms with van der Waals surface area (Å²) in [6, 6.07) is 75.7. The van der Waals surface area contributed by atoms with Gasteiger partial charge in [-0.15, -0.1) is 0 Å². The Morgan fingerprint density at radius 1 is 0.232 bits per heavy atom. The Bertz CT molecular complexity index is 3260. The number of nitrogens with zero attached hydrogens (tertiary/aromatic N) is 2. The van der Waals surface area contributed by atoms with Crippen LogP contribution in [0.4, 0.5) is 0 Å². The number of para-hydroxylation sites is 4. The van der Waals surface area contributed by atoms with Crippen LogP contribution in [0, 0.1) is 0 Å². The maximum absolute atomic E-state index is 2.42. The van der Waals surface area contributed by atoms with Gasteiger partial charge in [-0.05, 0) is 115 Å². The molecule has 0 atom stereocenters. The Hall–Kier alpha value is -7.42. The highest BCUT2D eigenvalue weighted by Gasteiger charge is 2.19. The molecule has 0 unspecified atom stereocenters. The molecule has 0 saturated heterocycles. The fourth-order valence-electron chi connectivity index (χ4n) is 9.52. The fraction of sp³-hybridized carbons (Fsp3) is 0. The summed E-state index contributed by atoms with van der Waals surface area (Å²) < 4.78 is 4.80. The van der Waals surface area contributed by atoms with Crippen molar-refractivity contribution in [1.82, 2.24) is 9.13 Å². The van der Waals surface area contributed by atoms with Crippen LogP contribution in [0.2, 0.25) is 0 Å². The van der Waals surface area contributed by atoms with Gasteiger partial charge >= 0.3 is 0 Å². The van der Waals surface area contributed by atoms with Gasteiger partial charge in [0, 0.05) is 32.9 Å². The van der Waals surface area contributed by atoms with E-state index in [-0.39, 0.29) is 0 Å². The normalized spacial score (nSPS) is 11.9. The minimum absolute atomic E-state index is 1.17. The van der Waals surface area contributed by atoms with Crippen LogP contribution in [-0.2, 0) is 0 Å². The first-order valence-corrected chi connectivity index (χ1v) is 19.4. The molecule has 0 fully saturated rings. The van der Waals surface area contributed by atoms with Crippen molar-refractivity contribution < 1.29 is 0 Å². The van der Waals surface area contributed by atoms with E-state index in [0.29, 0.717) is 0 Å². The molecule has 2 heteroatoms. The van der Waals surface area contributed by atoms with Gasteiger partial charge < -0.3 is 9.13 Å². The van der Waals surface area contributed by atoms with Crippen LogP contribution < -0.4 is 0 Å². The minimum Gasteiger partial charge on any atom is -0.309 e. The third kappa shape index (κ3) is 4.44. The summed E-state index contributed by atoms with van der Waals surface area (Å²) in [6.07, 6.45) is 0. The smallest absolute Gasteiger partial charge is 0.0547 e. The number of hydrogen-bond donors (Lipinski definition) is 0. The molecule has 0 N–H and O–H groups in total. The van der Waals surface area contributed by atoms with Crippen LogP contribution in [0.3, 0.4) is 0 Å². The van der Waals surface area contributed by atoms with E-state index >= 15 is 0 Å². The van der Waals surface area contributed by atoms with Crippen LogP contribution in [0.1, 0.15) is 0 Å². The van der Waals surface area contributed by atoms with Crippen molar-refractivity contribution in [2.24, 2.45) is 0 Å². The average molecular weight is 711 g/mol. The van der Waals surface area contributed by atoms with Gasteiger partial charge in [0.05, 0.1) is 22.1 Å². The second-order valence-electron chi connectivity index (χ2n) is 14.8. The SMILES string of the molecule is c1ccc(-n2c3ccccc3c3c(-c4ccc5c6ccc(-c7cccc8c7c7ccccc7n8-c7ccccc7)cc6c6ccccc6c5c4)cccc32)cc1. The van der Waals surface area contributed by atoms with Crippen molar-refractivity contribution >= 4 is 75.9 Å². The Morgan fingerprint density at radius 3 is 1.04 bits per heavy atom. The van der Waals surface area contributed by atoms with E-state index in [1.807, 2.05) is 0 Å². The lowest BCUT2D eigenvalue weighted by atomic mass is 9.89. The Labute approximate surface area is 323 Å². The van der Waals surface area contributed by atoms with E-state index in [1.165, 1.54) is 110 Å². The van der Waals surface area contributed by atoms with Gasteiger partial charge in [0.1, 0.15) is 0 Å². The maximum Gasteiger partial charge on any atom is 0.0547 e. The molecule has 2 nitrogen and oxygen atoms in total. The van der Waals surface area contributed by atoms with Gasteiger partial charge in [0.25, 0.3) is 0 Å². The molecular weight excluding hydrogens is 677 g/mol. The van der Waals surface area contributed by atoms with Gasteiger partial charge in [-0.3, -0.25) is 0 Å². The van der Waals surface area contributed by atoms with Crippen molar-refractivity contribution in [1.29, 1.82) is 0 Å². The van der Waals surface area contributed by atoms with Gasteiger partial charge in [0.2, 0.25) is 0 Å². The first-order valence-electron chi connectivity index (χ1n) is 19.4. The van der Waals surface area contributed by atoms with Crippen molar-refractivity contribution in [3.05, 3.63) is 206 Å². The second kappa shape index (κ2) is 12.0. The van der Waals surface area contributed by atoms with E-state index < -0.39 is 0 Å². The monoisotopic (exact) mass is 710 g/mol. The molecule has 12 rings (SSSR count). The number of aromatic nitrogens is 2. The van der Waals surface area contributed by atoms with E-state index in [0.717, 1.165) is 0 Å². The Morgan fingerprint density at radius 2 is 0.589 bits per heavy atom. The molecule has 0 aliphatic carbocycles. The summed E-state index contributed by atoms with van der Waals surface area (Å²) in [5.41, 5.74) is 12.1. The van der Waals surface area contributed by atoms with Crippen LogP contribution in [0.15, 0.2) is 206 Å². The highest BCUT2D eigenvalue weighted by atomic mass is 15.0. The van der Waals surface area contributed by atoms with Gasteiger partial charge in [-0.25, -0.2) is 0 Å². The van der Waals surface area contributed by atoms with E-state index in [4.69, 9.17) is 0 Å². The van der Waals surface area contributed by atoms with Crippen LogP contribution in [0.25, 0.3) is 110 Å². The predicted octanol–water partition coefficient (Wildman–Crippen LogP) is 14.7. The topological polar surface area (TPSA) is 9.86 Å². The molecule has 56 heavy (non-hydrogen) atoms. The first kappa shape index (κ1) is 31.0. The van der Waals surface area contributed by atoms with Gasteiger partial charge in [0.15, 0.2) is 0 Å². The number of rotatable bonds is 4. The standard InChI is InChI=1S/C54H34N2/c1-3-15-37(16-4-1)55-49-25-11-9-21-45(49)53-39(23-13-27-51(53)55)35-29-31-43-44-32-30-36(34-48(44)42-20-8-7-19-41(42)47(43)33-35)40-24-14-28-52-54(40)46-22-10-12-26-50(46)56(52)38-17-5-2-6-18-38/h1-34H. The lowest BCUT2D eigenvalue weighted by Gasteiger charge is -2.14. The van der Waals surface area contributed by atoms with E-state index in [9.17, 15) is 0 Å². The lowest BCUT2D eigenvalue weighted by Crippen LogP contribution is -1.93. The third-order valence-corrected chi connectivity index (χ3v) is 11.9. The molecule has 0 saturated carbocycles. The summed E-state index contributed by atoms with van der Waals surface area (Å²) in [6.45, 7) is 0. The third-order valence-electron chi connectivity index (χ3n) is 11.9. The van der Waals surface area contributed by atoms with Gasteiger partial charge in [-0.2, -0.15) is 0 Å². The zero-order chi connectivity index (χ0) is 36.7. The van der Waals surface area contributed by atoms with Crippen LogP contribution in [0.5, 0.6) is 0 Å². The van der Waals surface area contributed by atoms with Crippen LogP contribution >= 0.6 is 0 Å². The molecule has 2 aromatic heterocycles. The fourth-order valence-corrected chi connectivity index (χ4v) is 9.52. The predicted molar refractivity (Wildman–Crippen MR) is 239 cm³/mol. The summed E-state index contributed by atoms with van der Waals surface area (Å²) in [5, 5.41) is 12.7. The molecule has 12 aromatic rings. The number of hydrogen-bond acceptors (Lipinski definition) is 0. The molecule has 0 amide bonds. The van der Waals surface area contributed by atoms with Crippen LogP contribution in [-0.4, -0.2) is 9.13 Å². The molecule has 2 heterocycles. The summed E-state index contributed by atoms with van der Waals surface area (Å²) in [5.74, 6) is 0. The van der Waals surface area contributed by atoms with Crippen molar-refractivity contribution in [3.63, 3.8) is 0 Å². The van der Waals surface area contributed by atoms with Crippen molar-refractivity contribution in [2.75, 3.05) is 0 Å². The Balaban J connectivity index is 1.08. The zero-order valence-electron chi connectivity index (χ0n) is 30.5. The highest BCUT2D eigenvalue weighted by Crippen LogP contribution is 2.44. The Kier molecular flexibility index (Phi) is 6.66. The molecule has 0 spiro atoms. The van der Waals surface area contributed by atoms with Crippen molar-refractivity contribution in [2.45, 2.75) is 0 Å². The average Bonchev–Trinajstić information content (AvgIpc) is 3.80. The van der Waals surface area contributed by atoms with Gasteiger partial charge in [-0.1, -0.05) is 146 Å². The highest BCUT2D eigenvalue weighted by molar-refractivity contribution is 6.27. The summed E-state index contributed by atoms with van der Waals surface area (Å²) in [4.78, 5) is 0. The molecule has 0 bridgehead atoms. The zero-order valence-corrected chi connectivity index (χ0v) is 30.5. The maximum atomic E-state index is 2.42. The first-order chi connectivity index (χ1) is 27.8. The minimum atomic E-state index is 1.17. The molecule has 0 radical (unpaired) electrons.